The normalized spacial score (nSPS) is 12.1. The second-order valence-electron chi connectivity index (χ2n) is 10.5. The molecule has 0 atom stereocenters. The van der Waals surface area contributed by atoms with Gasteiger partial charge in [-0.05, 0) is 89.6 Å². The molecular weight excluding hydrogens is 488 g/mol. The minimum absolute atomic E-state index is 1.26. The first-order valence-corrected chi connectivity index (χ1v) is 14.2. The van der Waals surface area contributed by atoms with Crippen LogP contribution in [0.15, 0.2) is 133 Å². The summed E-state index contributed by atoms with van der Waals surface area (Å²) in [4.78, 5) is 0. The first kappa shape index (κ1) is 21.2. The van der Waals surface area contributed by atoms with Crippen molar-refractivity contribution in [3.8, 4) is 22.3 Å². The quantitative estimate of drug-likeness (QED) is 0.203. The van der Waals surface area contributed by atoms with Crippen molar-refractivity contribution in [3.05, 3.63) is 133 Å². The van der Waals surface area contributed by atoms with Crippen LogP contribution in [-0.2, 0) is 0 Å². The van der Waals surface area contributed by atoms with Crippen molar-refractivity contribution in [2.45, 2.75) is 0 Å². The maximum absolute atomic E-state index is 2.35. The van der Waals surface area contributed by atoms with Crippen molar-refractivity contribution >= 4 is 74.6 Å². The lowest BCUT2D eigenvalue weighted by molar-refractivity contribution is 1.67. The van der Waals surface area contributed by atoms with E-state index in [1.54, 1.807) is 0 Å². The highest BCUT2D eigenvalue weighted by molar-refractivity contribution is 7.26. The van der Waals surface area contributed by atoms with E-state index < -0.39 is 0 Å². The lowest BCUT2D eigenvalue weighted by Crippen LogP contribution is -1.85. The molecule has 0 unspecified atom stereocenters. The summed E-state index contributed by atoms with van der Waals surface area (Å²) in [6.45, 7) is 0. The SMILES string of the molecule is c1ccc2c(c1)ccc1c(-c3ccc4cc(-c5ccc6sc7cccc8ccc5c6c87)ccc4c3)cccc12. The molecule has 39 heavy (non-hydrogen) atoms. The van der Waals surface area contributed by atoms with Gasteiger partial charge in [0.05, 0.1) is 0 Å². The molecule has 180 valence electrons. The minimum Gasteiger partial charge on any atom is -0.135 e. The van der Waals surface area contributed by atoms with E-state index >= 15 is 0 Å². The second-order valence-corrected chi connectivity index (χ2v) is 11.6. The van der Waals surface area contributed by atoms with Crippen LogP contribution in [0.4, 0.5) is 0 Å². The fourth-order valence-electron chi connectivity index (χ4n) is 6.57. The van der Waals surface area contributed by atoms with Crippen LogP contribution in [0, 0.1) is 0 Å². The van der Waals surface area contributed by atoms with Gasteiger partial charge in [0.2, 0.25) is 0 Å². The highest BCUT2D eigenvalue weighted by Crippen LogP contribution is 2.44. The molecule has 0 fully saturated rings. The molecule has 0 bridgehead atoms. The summed E-state index contributed by atoms with van der Waals surface area (Å²) in [5, 5.41) is 13.2. The van der Waals surface area contributed by atoms with Gasteiger partial charge in [-0.1, -0.05) is 109 Å². The Balaban J connectivity index is 1.20. The van der Waals surface area contributed by atoms with Gasteiger partial charge in [-0.2, -0.15) is 0 Å². The molecule has 9 aromatic rings. The topological polar surface area (TPSA) is 0 Å². The molecule has 0 aliphatic rings. The predicted octanol–water partition coefficient (Wildman–Crippen LogP) is 11.4. The Labute approximate surface area is 229 Å². The molecule has 8 aromatic carbocycles. The van der Waals surface area contributed by atoms with Gasteiger partial charge in [0.1, 0.15) is 0 Å². The average Bonchev–Trinajstić information content (AvgIpc) is 3.39. The highest BCUT2D eigenvalue weighted by atomic mass is 32.1. The molecule has 0 aliphatic heterocycles. The lowest BCUT2D eigenvalue weighted by Gasteiger charge is -2.12. The number of thiophene rings is 1. The van der Waals surface area contributed by atoms with Crippen molar-refractivity contribution in [2.24, 2.45) is 0 Å². The molecule has 0 nitrogen and oxygen atoms in total. The van der Waals surface area contributed by atoms with Gasteiger partial charge < -0.3 is 0 Å². The first-order valence-electron chi connectivity index (χ1n) is 13.4. The smallest absolute Gasteiger partial charge is 0.0362 e. The number of fused-ring (bicyclic) bond motifs is 4. The van der Waals surface area contributed by atoms with Crippen LogP contribution in [0.5, 0.6) is 0 Å². The molecule has 1 heterocycles. The second kappa shape index (κ2) is 7.89. The third kappa shape index (κ3) is 3.05. The van der Waals surface area contributed by atoms with Gasteiger partial charge in [0.15, 0.2) is 0 Å². The van der Waals surface area contributed by atoms with Crippen molar-refractivity contribution in [2.75, 3.05) is 0 Å². The van der Waals surface area contributed by atoms with E-state index in [1.807, 2.05) is 11.3 Å². The molecule has 0 radical (unpaired) electrons. The van der Waals surface area contributed by atoms with Crippen LogP contribution < -0.4 is 0 Å². The van der Waals surface area contributed by atoms with Gasteiger partial charge in [0.25, 0.3) is 0 Å². The summed E-state index contributed by atoms with van der Waals surface area (Å²) < 4.78 is 2.74. The summed E-state index contributed by atoms with van der Waals surface area (Å²) in [6, 6.07) is 49.5. The fraction of sp³-hybridized carbons (Fsp3) is 0. The van der Waals surface area contributed by atoms with Crippen LogP contribution in [0.25, 0.3) is 85.5 Å². The standard InChI is InChI=1S/C38H22S/c1-2-7-29-23(5-1)15-17-33-30(8-4-9-32(29)33)27-13-11-26-22-28(14-12-25(26)21-27)31-19-20-36-38-34(31)18-16-24-6-3-10-35(39-36)37(24)38/h1-22H. The predicted molar refractivity (Wildman–Crippen MR) is 171 cm³/mol. The molecule has 0 saturated carbocycles. The number of rotatable bonds is 2. The maximum Gasteiger partial charge on any atom is 0.0362 e. The van der Waals surface area contributed by atoms with Crippen LogP contribution in [0.2, 0.25) is 0 Å². The zero-order valence-electron chi connectivity index (χ0n) is 21.1. The summed E-state index contributed by atoms with van der Waals surface area (Å²) in [6.07, 6.45) is 0. The van der Waals surface area contributed by atoms with E-state index in [-0.39, 0.29) is 0 Å². The van der Waals surface area contributed by atoms with Gasteiger partial charge in [-0.3, -0.25) is 0 Å². The number of benzene rings is 8. The summed E-state index contributed by atoms with van der Waals surface area (Å²) in [5.74, 6) is 0. The molecule has 0 amide bonds. The molecule has 1 heteroatoms. The maximum atomic E-state index is 2.35. The largest absolute Gasteiger partial charge is 0.135 e. The first-order chi connectivity index (χ1) is 19.3. The van der Waals surface area contributed by atoms with Crippen molar-refractivity contribution in [1.29, 1.82) is 0 Å². The Kier molecular flexibility index (Phi) is 4.30. The molecule has 0 N–H and O–H groups in total. The van der Waals surface area contributed by atoms with Crippen LogP contribution in [-0.4, -0.2) is 0 Å². The van der Waals surface area contributed by atoms with E-state index in [0.29, 0.717) is 0 Å². The van der Waals surface area contributed by atoms with Crippen molar-refractivity contribution in [1.82, 2.24) is 0 Å². The summed E-state index contributed by atoms with van der Waals surface area (Å²) >= 11 is 1.90. The lowest BCUT2D eigenvalue weighted by atomic mass is 9.92. The molecular formula is C38H22S. The third-order valence-electron chi connectivity index (χ3n) is 8.41. The molecule has 0 spiro atoms. The Morgan fingerprint density at radius 1 is 0.333 bits per heavy atom. The van der Waals surface area contributed by atoms with Crippen LogP contribution in [0.1, 0.15) is 0 Å². The monoisotopic (exact) mass is 510 g/mol. The molecule has 0 aliphatic carbocycles. The molecule has 0 saturated heterocycles. The Morgan fingerprint density at radius 3 is 1.85 bits per heavy atom. The van der Waals surface area contributed by atoms with E-state index in [0.717, 1.165) is 0 Å². The average molecular weight is 511 g/mol. The molecule has 9 rings (SSSR count). The van der Waals surface area contributed by atoms with Gasteiger partial charge in [-0.15, -0.1) is 11.3 Å². The Hall–Kier alpha value is -4.72. The highest BCUT2D eigenvalue weighted by Gasteiger charge is 2.15. The van der Waals surface area contributed by atoms with Gasteiger partial charge in [-0.25, -0.2) is 0 Å². The molecule has 1 aromatic heterocycles. The zero-order chi connectivity index (χ0) is 25.5. The Morgan fingerprint density at radius 2 is 0.974 bits per heavy atom. The van der Waals surface area contributed by atoms with Gasteiger partial charge >= 0.3 is 0 Å². The Bertz CT molecular complexity index is 2390. The summed E-state index contributed by atoms with van der Waals surface area (Å²) in [7, 11) is 0. The number of hydrogen-bond donors (Lipinski definition) is 0. The van der Waals surface area contributed by atoms with Crippen LogP contribution >= 0.6 is 11.3 Å². The zero-order valence-corrected chi connectivity index (χ0v) is 21.9. The van der Waals surface area contributed by atoms with E-state index in [2.05, 4.69) is 133 Å². The number of hydrogen-bond acceptors (Lipinski definition) is 1. The van der Waals surface area contributed by atoms with E-state index in [1.165, 1.54) is 85.5 Å². The summed E-state index contributed by atoms with van der Waals surface area (Å²) in [5.41, 5.74) is 5.12. The van der Waals surface area contributed by atoms with Crippen molar-refractivity contribution < 1.29 is 0 Å². The van der Waals surface area contributed by atoms with Gasteiger partial charge in [0, 0.05) is 20.2 Å². The van der Waals surface area contributed by atoms with Crippen molar-refractivity contribution in [3.63, 3.8) is 0 Å². The van der Waals surface area contributed by atoms with E-state index in [9.17, 15) is 0 Å². The minimum atomic E-state index is 1.26. The van der Waals surface area contributed by atoms with Crippen LogP contribution in [0.3, 0.4) is 0 Å². The fourth-order valence-corrected chi connectivity index (χ4v) is 7.73. The third-order valence-corrected chi connectivity index (χ3v) is 9.53. The van der Waals surface area contributed by atoms with E-state index in [4.69, 9.17) is 0 Å².